The van der Waals surface area contributed by atoms with E-state index in [1.54, 1.807) is 6.20 Å². The Morgan fingerprint density at radius 2 is 1.89 bits per heavy atom. The van der Waals surface area contributed by atoms with Crippen LogP contribution in [0.2, 0.25) is 0 Å². The average molecular weight is 256 g/mol. The molecular weight excluding hydrogens is 236 g/mol. The molecular formula is C16H20N2O. The molecule has 0 aliphatic heterocycles. The number of hydrogen-bond donors (Lipinski definition) is 2. The molecule has 0 bridgehead atoms. The van der Waals surface area contributed by atoms with Gasteiger partial charge in [-0.15, -0.1) is 0 Å². The van der Waals surface area contributed by atoms with Gasteiger partial charge in [0.15, 0.2) is 0 Å². The van der Waals surface area contributed by atoms with E-state index in [2.05, 4.69) is 23.2 Å². The largest absolute Gasteiger partial charge is 0.396 e. The normalized spacial score (nSPS) is 12.3. The van der Waals surface area contributed by atoms with Gasteiger partial charge >= 0.3 is 0 Å². The molecule has 3 heteroatoms. The van der Waals surface area contributed by atoms with Gasteiger partial charge in [-0.2, -0.15) is 0 Å². The molecule has 2 aromatic rings. The van der Waals surface area contributed by atoms with Crippen LogP contribution in [0.4, 0.5) is 0 Å². The monoisotopic (exact) mass is 256 g/mol. The van der Waals surface area contributed by atoms with Crippen molar-refractivity contribution >= 4 is 0 Å². The van der Waals surface area contributed by atoms with Crippen molar-refractivity contribution in [3.05, 3.63) is 65.5 Å². The number of aliphatic hydroxyl groups excluding tert-OH is 1. The molecule has 1 aromatic carbocycles. The molecule has 19 heavy (non-hydrogen) atoms. The summed E-state index contributed by atoms with van der Waals surface area (Å²) in [6.45, 7) is 0.126. The zero-order valence-electron chi connectivity index (χ0n) is 11.0. The van der Waals surface area contributed by atoms with Crippen LogP contribution >= 0.6 is 0 Å². The van der Waals surface area contributed by atoms with Gasteiger partial charge in [-0.1, -0.05) is 30.3 Å². The second-order valence-corrected chi connectivity index (χ2v) is 4.73. The van der Waals surface area contributed by atoms with Crippen molar-refractivity contribution in [2.24, 2.45) is 5.73 Å². The summed E-state index contributed by atoms with van der Waals surface area (Å²) in [5.74, 6) is 0. The van der Waals surface area contributed by atoms with Crippen molar-refractivity contribution in [2.75, 3.05) is 6.61 Å². The van der Waals surface area contributed by atoms with Gasteiger partial charge in [-0.3, -0.25) is 4.98 Å². The number of rotatable bonds is 6. The molecule has 100 valence electrons. The quantitative estimate of drug-likeness (QED) is 0.833. The van der Waals surface area contributed by atoms with Gasteiger partial charge < -0.3 is 10.8 Å². The molecule has 0 aliphatic carbocycles. The van der Waals surface area contributed by atoms with Crippen LogP contribution in [0.3, 0.4) is 0 Å². The minimum Gasteiger partial charge on any atom is -0.396 e. The molecule has 3 N–H and O–H groups in total. The third-order valence-corrected chi connectivity index (χ3v) is 3.24. The second-order valence-electron chi connectivity index (χ2n) is 4.73. The number of pyridine rings is 1. The predicted octanol–water partition coefficient (Wildman–Crippen LogP) is 2.25. The van der Waals surface area contributed by atoms with E-state index in [9.17, 15) is 0 Å². The Labute approximate surface area is 114 Å². The molecule has 0 saturated carbocycles. The molecule has 1 aromatic heterocycles. The fourth-order valence-corrected chi connectivity index (χ4v) is 2.12. The Hall–Kier alpha value is -1.71. The highest BCUT2D eigenvalue weighted by atomic mass is 16.3. The first kappa shape index (κ1) is 13.7. The zero-order valence-corrected chi connectivity index (χ0v) is 11.0. The summed E-state index contributed by atoms with van der Waals surface area (Å²) in [5.41, 5.74) is 9.62. The van der Waals surface area contributed by atoms with Crippen LogP contribution in [0.25, 0.3) is 0 Å². The van der Waals surface area contributed by atoms with E-state index in [1.165, 1.54) is 11.1 Å². The Balaban J connectivity index is 1.99. The number of aryl methyl sites for hydroxylation is 2. The van der Waals surface area contributed by atoms with Gasteiger partial charge in [0.1, 0.15) is 0 Å². The molecule has 1 heterocycles. The lowest BCUT2D eigenvalue weighted by atomic mass is 9.99. The number of nitrogens with two attached hydrogens (primary N) is 1. The van der Waals surface area contributed by atoms with Crippen molar-refractivity contribution in [3.8, 4) is 0 Å². The van der Waals surface area contributed by atoms with Crippen molar-refractivity contribution in [3.63, 3.8) is 0 Å². The highest BCUT2D eigenvalue weighted by molar-refractivity contribution is 5.27. The zero-order chi connectivity index (χ0) is 13.5. The van der Waals surface area contributed by atoms with Crippen LogP contribution in [-0.4, -0.2) is 16.7 Å². The molecule has 2 rings (SSSR count). The van der Waals surface area contributed by atoms with Gasteiger partial charge in [-0.05, 0) is 42.0 Å². The average Bonchev–Trinajstić information content (AvgIpc) is 2.47. The molecule has 1 atom stereocenters. The first-order chi connectivity index (χ1) is 9.29. The summed E-state index contributed by atoms with van der Waals surface area (Å²) in [4.78, 5) is 4.12. The van der Waals surface area contributed by atoms with Crippen LogP contribution in [0.1, 0.15) is 29.2 Å². The maximum Gasteiger partial charge on any atom is 0.0449 e. The molecule has 1 unspecified atom stereocenters. The van der Waals surface area contributed by atoms with Crippen LogP contribution in [-0.2, 0) is 12.8 Å². The Kier molecular flexibility index (Phi) is 5.07. The number of aliphatic hydroxyl groups is 1. The fourth-order valence-electron chi connectivity index (χ4n) is 2.12. The molecule has 0 radical (unpaired) electrons. The van der Waals surface area contributed by atoms with E-state index in [1.807, 2.05) is 24.4 Å². The van der Waals surface area contributed by atoms with Crippen molar-refractivity contribution in [1.29, 1.82) is 0 Å². The predicted molar refractivity (Wildman–Crippen MR) is 76.7 cm³/mol. The van der Waals surface area contributed by atoms with E-state index in [4.69, 9.17) is 10.8 Å². The van der Waals surface area contributed by atoms with E-state index in [0.717, 1.165) is 18.4 Å². The van der Waals surface area contributed by atoms with E-state index >= 15 is 0 Å². The SMILES string of the molecule is NC(CCO)c1cccc(CCc2cccnc2)c1. The van der Waals surface area contributed by atoms with Gasteiger partial charge in [0, 0.05) is 25.0 Å². The lowest BCUT2D eigenvalue weighted by molar-refractivity contribution is 0.276. The molecule has 3 nitrogen and oxygen atoms in total. The maximum atomic E-state index is 8.93. The highest BCUT2D eigenvalue weighted by Gasteiger charge is 2.05. The van der Waals surface area contributed by atoms with Crippen molar-refractivity contribution in [2.45, 2.75) is 25.3 Å². The highest BCUT2D eigenvalue weighted by Crippen LogP contribution is 2.16. The Morgan fingerprint density at radius 1 is 1.11 bits per heavy atom. The van der Waals surface area contributed by atoms with Crippen molar-refractivity contribution < 1.29 is 5.11 Å². The van der Waals surface area contributed by atoms with Crippen molar-refractivity contribution in [1.82, 2.24) is 4.98 Å². The van der Waals surface area contributed by atoms with E-state index in [0.29, 0.717) is 6.42 Å². The molecule has 0 saturated heterocycles. The van der Waals surface area contributed by atoms with E-state index < -0.39 is 0 Å². The summed E-state index contributed by atoms with van der Waals surface area (Å²) in [6.07, 6.45) is 6.25. The van der Waals surface area contributed by atoms with Gasteiger partial charge in [-0.25, -0.2) is 0 Å². The number of benzene rings is 1. The smallest absolute Gasteiger partial charge is 0.0449 e. The van der Waals surface area contributed by atoms with Crippen LogP contribution in [0.5, 0.6) is 0 Å². The van der Waals surface area contributed by atoms with Gasteiger partial charge in [0.05, 0.1) is 0 Å². The molecule has 0 spiro atoms. The van der Waals surface area contributed by atoms with Gasteiger partial charge in [0.2, 0.25) is 0 Å². The molecule has 0 amide bonds. The summed E-state index contributed by atoms with van der Waals surface area (Å²) < 4.78 is 0. The standard InChI is InChI=1S/C16H20N2O/c17-16(8-10-19)15-5-1-3-13(11-15)6-7-14-4-2-9-18-12-14/h1-5,9,11-12,16,19H,6-8,10,17H2. The fraction of sp³-hybridized carbons (Fsp3) is 0.312. The van der Waals surface area contributed by atoms with Gasteiger partial charge in [0.25, 0.3) is 0 Å². The summed E-state index contributed by atoms with van der Waals surface area (Å²) >= 11 is 0. The Bertz CT molecular complexity index is 499. The van der Waals surface area contributed by atoms with Crippen LogP contribution < -0.4 is 5.73 Å². The lowest BCUT2D eigenvalue weighted by Crippen LogP contribution is -2.12. The number of hydrogen-bond acceptors (Lipinski definition) is 3. The first-order valence-corrected chi connectivity index (χ1v) is 6.64. The molecule has 0 aliphatic rings. The maximum absolute atomic E-state index is 8.93. The first-order valence-electron chi connectivity index (χ1n) is 6.64. The minimum atomic E-state index is -0.0802. The Morgan fingerprint density at radius 3 is 2.63 bits per heavy atom. The molecule has 0 fully saturated rings. The third kappa shape index (κ3) is 4.16. The minimum absolute atomic E-state index is 0.0802. The van der Waals surface area contributed by atoms with Crippen LogP contribution in [0.15, 0.2) is 48.8 Å². The number of aromatic nitrogens is 1. The third-order valence-electron chi connectivity index (χ3n) is 3.24. The summed E-state index contributed by atoms with van der Waals surface area (Å²) in [5, 5.41) is 8.93. The second kappa shape index (κ2) is 7.02. The lowest BCUT2D eigenvalue weighted by Gasteiger charge is -2.12. The summed E-state index contributed by atoms with van der Waals surface area (Å²) in [6, 6.07) is 12.3. The van der Waals surface area contributed by atoms with E-state index in [-0.39, 0.29) is 12.6 Å². The number of nitrogens with zero attached hydrogens (tertiary/aromatic N) is 1. The topological polar surface area (TPSA) is 59.1 Å². The summed E-state index contributed by atoms with van der Waals surface area (Å²) in [7, 11) is 0. The van der Waals surface area contributed by atoms with Crippen LogP contribution in [0, 0.1) is 0 Å².